The van der Waals surface area contributed by atoms with Gasteiger partial charge >= 0.3 is 0 Å². The molecule has 3 heteroatoms. The highest BCUT2D eigenvalue weighted by molar-refractivity contribution is 6.17. The molecule has 0 fully saturated rings. The van der Waals surface area contributed by atoms with Crippen LogP contribution in [0, 0.1) is 13.8 Å². The number of alkyl halides is 1. The quantitative estimate of drug-likeness (QED) is 0.758. The fourth-order valence-electron chi connectivity index (χ4n) is 1.51. The Morgan fingerprint density at radius 3 is 2.71 bits per heavy atom. The first kappa shape index (κ1) is 11.9. The van der Waals surface area contributed by atoms with Gasteiger partial charge in [-0.2, -0.15) is 0 Å². The number of pyridine rings is 1. The highest BCUT2D eigenvalue weighted by Gasteiger charge is 2.05. The number of nitrogens with zero attached hydrogens (tertiary/aromatic N) is 1. The molecule has 2 aromatic rings. The van der Waals surface area contributed by atoms with Crippen molar-refractivity contribution in [3.63, 3.8) is 0 Å². The molecule has 0 amide bonds. The predicted molar refractivity (Wildman–Crippen MR) is 69.8 cm³/mol. The Morgan fingerprint density at radius 1 is 1.18 bits per heavy atom. The second-order valence-corrected chi connectivity index (χ2v) is 4.22. The molecular weight excluding hydrogens is 234 g/mol. The Bertz CT molecular complexity index is 525. The molecule has 1 aromatic carbocycles. The fourth-order valence-corrected chi connectivity index (χ4v) is 1.71. The summed E-state index contributed by atoms with van der Waals surface area (Å²) in [5.41, 5.74) is 3.34. The van der Waals surface area contributed by atoms with Crippen LogP contribution in [0.5, 0.6) is 11.6 Å². The van der Waals surface area contributed by atoms with Gasteiger partial charge in [-0.1, -0.05) is 12.1 Å². The summed E-state index contributed by atoms with van der Waals surface area (Å²) in [7, 11) is 0. The Labute approximate surface area is 106 Å². The van der Waals surface area contributed by atoms with Crippen LogP contribution in [0.4, 0.5) is 0 Å². The lowest BCUT2D eigenvalue weighted by Gasteiger charge is -2.09. The molecule has 0 atom stereocenters. The first-order valence-corrected chi connectivity index (χ1v) is 5.99. The second-order valence-electron chi connectivity index (χ2n) is 3.95. The van der Waals surface area contributed by atoms with E-state index in [1.165, 1.54) is 11.1 Å². The minimum absolute atomic E-state index is 0.397. The van der Waals surface area contributed by atoms with Crippen LogP contribution in [0.3, 0.4) is 0 Å². The summed E-state index contributed by atoms with van der Waals surface area (Å²) in [5.74, 6) is 1.76. The third kappa shape index (κ3) is 2.77. The molecule has 0 saturated carbocycles. The van der Waals surface area contributed by atoms with E-state index >= 15 is 0 Å². The van der Waals surface area contributed by atoms with E-state index in [4.69, 9.17) is 16.3 Å². The fraction of sp³-hybridized carbons (Fsp3) is 0.214. The largest absolute Gasteiger partial charge is 0.439 e. The lowest BCUT2D eigenvalue weighted by molar-refractivity contribution is 0.458. The maximum atomic E-state index is 5.83. The minimum atomic E-state index is 0.397. The van der Waals surface area contributed by atoms with E-state index in [2.05, 4.69) is 18.8 Å². The third-order valence-corrected chi connectivity index (χ3v) is 2.97. The Kier molecular flexibility index (Phi) is 3.64. The summed E-state index contributed by atoms with van der Waals surface area (Å²) >= 11 is 5.83. The molecule has 0 bridgehead atoms. The zero-order chi connectivity index (χ0) is 12.3. The monoisotopic (exact) mass is 247 g/mol. The van der Waals surface area contributed by atoms with Gasteiger partial charge in [0.25, 0.3) is 0 Å². The smallest absolute Gasteiger partial charge is 0.223 e. The van der Waals surface area contributed by atoms with Crippen molar-refractivity contribution in [3.8, 4) is 11.6 Å². The first-order chi connectivity index (χ1) is 8.20. The summed E-state index contributed by atoms with van der Waals surface area (Å²) in [6, 6.07) is 9.74. The zero-order valence-electron chi connectivity index (χ0n) is 9.90. The molecule has 0 aliphatic rings. The van der Waals surface area contributed by atoms with E-state index in [9.17, 15) is 0 Å². The summed E-state index contributed by atoms with van der Waals surface area (Å²) in [5, 5.41) is 0. The molecule has 0 N–H and O–H groups in total. The maximum absolute atomic E-state index is 5.83. The van der Waals surface area contributed by atoms with E-state index in [1.54, 1.807) is 6.20 Å². The average Bonchev–Trinajstić information content (AvgIpc) is 2.34. The molecule has 0 spiro atoms. The molecule has 0 saturated heterocycles. The van der Waals surface area contributed by atoms with Gasteiger partial charge in [-0.05, 0) is 43.2 Å². The number of aromatic nitrogens is 1. The predicted octanol–water partition coefficient (Wildman–Crippen LogP) is 4.23. The number of aryl methyl sites for hydroxylation is 2. The van der Waals surface area contributed by atoms with Crippen molar-refractivity contribution < 1.29 is 4.74 Å². The summed E-state index contributed by atoms with van der Waals surface area (Å²) in [4.78, 5) is 4.19. The van der Waals surface area contributed by atoms with E-state index in [0.717, 1.165) is 11.3 Å². The summed E-state index contributed by atoms with van der Waals surface area (Å²) < 4.78 is 5.74. The molecule has 1 aromatic heterocycles. The lowest BCUT2D eigenvalue weighted by Crippen LogP contribution is -1.93. The highest BCUT2D eigenvalue weighted by atomic mass is 35.5. The number of rotatable bonds is 3. The Hall–Kier alpha value is -1.54. The summed E-state index contributed by atoms with van der Waals surface area (Å²) in [6.07, 6.45) is 1.70. The molecule has 88 valence electrons. The van der Waals surface area contributed by atoms with Crippen molar-refractivity contribution in [1.29, 1.82) is 0 Å². The van der Waals surface area contributed by atoms with Crippen molar-refractivity contribution in [1.82, 2.24) is 4.98 Å². The van der Waals surface area contributed by atoms with Crippen molar-refractivity contribution in [2.45, 2.75) is 19.7 Å². The van der Waals surface area contributed by atoms with E-state index < -0.39 is 0 Å². The molecular formula is C14H14ClNO. The van der Waals surface area contributed by atoms with E-state index in [1.807, 2.05) is 30.3 Å². The molecule has 17 heavy (non-hydrogen) atoms. The number of hydrogen-bond donors (Lipinski definition) is 0. The maximum Gasteiger partial charge on any atom is 0.223 e. The van der Waals surface area contributed by atoms with Crippen LogP contribution in [0.15, 0.2) is 36.5 Å². The van der Waals surface area contributed by atoms with Crippen LogP contribution < -0.4 is 4.74 Å². The van der Waals surface area contributed by atoms with E-state index in [0.29, 0.717) is 11.8 Å². The van der Waals surface area contributed by atoms with Crippen molar-refractivity contribution >= 4 is 11.6 Å². The Balaban J connectivity index is 2.28. The van der Waals surface area contributed by atoms with Gasteiger partial charge in [-0.25, -0.2) is 4.98 Å². The van der Waals surface area contributed by atoms with Gasteiger partial charge in [0.1, 0.15) is 5.75 Å². The van der Waals surface area contributed by atoms with Crippen molar-refractivity contribution in [3.05, 3.63) is 53.2 Å². The third-order valence-electron chi connectivity index (χ3n) is 2.69. The number of hydrogen-bond acceptors (Lipinski definition) is 2. The van der Waals surface area contributed by atoms with Crippen LogP contribution in [0.2, 0.25) is 0 Å². The van der Waals surface area contributed by atoms with Gasteiger partial charge in [-0.3, -0.25) is 0 Å². The van der Waals surface area contributed by atoms with Gasteiger partial charge in [0.05, 0.1) is 5.88 Å². The SMILES string of the molecule is Cc1ccc(Oc2ncccc2CCl)cc1C. The molecule has 0 aliphatic heterocycles. The lowest BCUT2D eigenvalue weighted by atomic mass is 10.1. The van der Waals surface area contributed by atoms with Crippen LogP contribution in [0.25, 0.3) is 0 Å². The molecule has 2 nitrogen and oxygen atoms in total. The molecule has 1 heterocycles. The first-order valence-electron chi connectivity index (χ1n) is 5.45. The number of halogens is 1. The molecule has 0 radical (unpaired) electrons. The second kappa shape index (κ2) is 5.19. The standard InChI is InChI=1S/C14H14ClNO/c1-10-5-6-13(8-11(10)2)17-14-12(9-15)4-3-7-16-14/h3-8H,9H2,1-2H3. The zero-order valence-corrected chi connectivity index (χ0v) is 10.7. The Morgan fingerprint density at radius 2 is 2.00 bits per heavy atom. The van der Waals surface area contributed by atoms with Gasteiger partial charge in [0.2, 0.25) is 5.88 Å². The summed E-state index contributed by atoms with van der Waals surface area (Å²) in [6.45, 7) is 4.13. The van der Waals surface area contributed by atoms with Crippen molar-refractivity contribution in [2.24, 2.45) is 0 Å². The molecule has 0 aliphatic carbocycles. The van der Waals surface area contributed by atoms with Crippen molar-refractivity contribution in [2.75, 3.05) is 0 Å². The topological polar surface area (TPSA) is 22.1 Å². The molecule has 2 rings (SSSR count). The minimum Gasteiger partial charge on any atom is -0.439 e. The number of benzene rings is 1. The van der Waals surface area contributed by atoms with Crippen LogP contribution in [-0.2, 0) is 5.88 Å². The molecule has 0 unspecified atom stereocenters. The van der Waals surface area contributed by atoms with Gasteiger partial charge in [0, 0.05) is 11.8 Å². The average molecular weight is 248 g/mol. The van der Waals surface area contributed by atoms with Crippen LogP contribution >= 0.6 is 11.6 Å². The van der Waals surface area contributed by atoms with Gasteiger partial charge in [-0.15, -0.1) is 11.6 Å². The van der Waals surface area contributed by atoms with Crippen LogP contribution in [-0.4, -0.2) is 4.98 Å². The normalized spacial score (nSPS) is 10.3. The number of ether oxygens (including phenoxy) is 1. The highest BCUT2D eigenvalue weighted by Crippen LogP contribution is 2.25. The van der Waals surface area contributed by atoms with Gasteiger partial charge in [0.15, 0.2) is 0 Å². The van der Waals surface area contributed by atoms with E-state index in [-0.39, 0.29) is 0 Å². The van der Waals surface area contributed by atoms with Crippen LogP contribution in [0.1, 0.15) is 16.7 Å². The van der Waals surface area contributed by atoms with Gasteiger partial charge < -0.3 is 4.74 Å².